The minimum Gasteiger partial charge on any atom is -0.475 e. The molecule has 0 fully saturated rings. The first kappa shape index (κ1) is 12.6. The Hall–Kier alpha value is -1.48. The predicted molar refractivity (Wildman–Crippen MR) is 62.9 cm³/mol. The minimum atomic E-state index is -1.11. The molecule has 4 heteroatoms. The number of benzene rings is 1. The number of allylic oxidation sites excluding steroid dienone is 1. The van der Waals surface area contributed by atoms with Crippen molar-refractivity contribution in [2.24, 2.45) is 0 Å². The highest BCUT2D eigenvalue weighted by Gasteiger charge is 2.11. The first-order valence-corrected chi connectivity index (χ1v) is 5.32. The molecule has 0 heterocycles. The van der Waals surface area contributed by atoms with Crippen molar-refractivity contribution in [3.8, 4) is 5.75 Å². The number of hydrogen-bond donors (Lipinski definition) is 1. The normalized spacial score (nSPS) is 11.3. The second-order valence-electron chi connectivity index (χ2n) is 3.18. The fraction of sp³-hybridized carbons (Fsp3) is 0.250. The van der Waals surface area contributed by atoms with E-state index in [1.54, 1.807) is 19.1 Å². The van der Waals surface area contributed by atoms with Gasteiger partial charge < -0.3 is 9.84 Å². The van der Waals surface area contributed by atoms with E-state index in [2.05, 4.69) is 0 Å². The van der Waals surface area contributed by atoms with Gasteiger partial charge >= 0.3 is 5.97 Å². The molecule has 3 nitrogen and oxygen atoms in total. The molecule has 0 atom stereocenters. The second-order valence-corrected chi connectivity index (χ2v) is 3.59. The number of halogens is 1. The van der Waals surface area contributed by atoms with Crippen molar-refractivity contribution in [1.29, 1.82) is 0 Å². The van der Waals surface area contributed by atoms with Crippen LogP contribution in [0.4, 0.5) is 0 Å². The zero-order valence-electron chi connectivity index (χ0n) is 9.16. The summed E-state index contributed by atoms with van der Waals surface area (Å²) in [5, 5.41) is 9.22. The average Bonchev–Trinajstić information content (AvgIpc) is 2.27. The maximum atomic E-state index is 10.8. The molecule has 1 aromatic rings. The van der Waals surface area contributed by atoms with E-state index in [4.69, 9.17) is 21.4 Å². The van der Waals surface area contributed by atoms with Gasteiger partial charge in [-0.3, -0.25) is 0 Å². The van der Waals surface area contributed by atoms with Crippen LogP contribution >= 0.6 is 11.6 Å². The van der Waals surface area contributed by atoms with Gasteiger partial charge in [-0.2, -0.15) is 0 Å². The number of carboxylic acid groups (broad SMARTS) is 1. The lowest BCUT2D eigenvalue weighted by molar-refractivity contribution is -0.135. The average molecular weight is 241 g/mol. The molecule has 0 aliphatic heterocycles. The van der Waals surface area contributed by atoms with Crippen molar-refractivity contribution in [3.05, 3.63) is 40.6 Å². The topological polar surface area (TPSA) is 46.5 Å². The zero-order valence-corrected chi connectivity index (χ0v) is 9.91. The lowest BCUT2D eigenvalue weighted by Crippen LogP contribution is -2.07. The lowest BCUT2D eigenvalue weighted by Gasteiger charge is -2.08. The molecule has 1 aromatic carbocycles. The number of aryl methyl sites for hydroxylation is 1. The number of rotatable bonds is 4. The molecule has 0 radical (unpaired) electrons. The van der Waals surface area contributed by atoms with Crippen LogP contribution in [0.15, 0.2) is 30.0 Å². The van der Waals surface area contributed by atoms with Crippen LogP contribution < -0.4 is 4.74 Å². The summed E-state index contributed by atoms with van der Waals surface area (Å²) < 4.78 is 5.23. The molecule has 0 amide bonds. The van der Waals surface area contributed by atoms with Gasteiger partial charge in [-0.25, -0.2) is 4.79 Å². The van der Waals surface area contributed by atoms with E-state index in [-0.39, 0.29) is 5.76 Å². The Morgan fingerprint density at radius 1 is 1.56 bits per heavy atom. The third-order valence-corrected chi connectivity index (χ3v) is 2.41. The first-order valence-electron chi connectivity index (χ1n) is 4.94. The molecule has 0 aromatic heterocycles. The lowest BCUT2D eigenvalue weighted by atomic mass is 10.2. The number of hydrogen-bond acceptors (Lipinski definition) is 2. The van der Waals surface area contributed by atoms with E-state index in [0.29, 0.717) is 10.8 Å². The molecule has 0 spiro atoms. The Labute approximate surface area is 99.3 Å². The molecule has 0 saturated heterocycles. The molecule has 86 valence electrons. The van der Waals surface area contributed by atoms with Crippen molar-refractivity contribution in [1.82, 2.24) is 0 Å². The third kappa shape index (κ3) is 3.00. The van der Waals surface area contributed by atoms with Gasteiger partial charge in [0.25, 0.3) is 0 Å². The van der Waals surface area contributed by atoms with E-state index in [1.165, 1.54) is 6.08 Å². The third-order valence-electron chi connectivity index (χ3n) is 2.10. The van der Waals surface area contributed by atoms with Gasteiger partial charge in [0.05, 0.1) is 5.02 Å². The molecule has 16 heavy (non-hydrogen) atoms. The van der Waals surface area contributed by atoms with E-state index >= 15 is 0 Å². The summed E-state index contributed by atoms with van der Waals surface area (Å²) in [4.78, 5) is 10.8. The monoisotopic (exact) mass is 240 g/mol. The first-order chi connectivity index (χ1) is 7.58. The Bertz CT molecular complexity index is 424. The van der Waals surface area contributed by atoms with Crippen LogP contribution in [-0.2, 0) is 11.2 Å². The van der Waals surface area contributed by atoms with E-state index in [1.807, 2.05) is 13.0 Å². The summed E-state index contributed by atoms with van der Waals surface area (Å²) in [5.41, 5.74) is 1.04. The van der Waals surface area contributed by atoms with Crippen molar-refractivity contribution in [3.63, 3.8) is 0 Å². The van der Waals surface area contributed by atoms with E-state index < -0.39 is 5.97 Å². The van der Waals surface area contributed by atoms with Crippen molar-refractivity contribution in [2.45, 2.75) is 20.3 Å². The maximum absolute atomic E-state index is 10.8. The van der Waals surface area contributed by atoms with Crippen molar-refractivity contribution >= 4 is 17.6 Å². The van der Waals surface area contributed by atoms with Gasteiger partial charge in [0.1, 0.15) is 5.75 Å². The van der Waals surface area contributed by atoms with Crippen molar-refractivity contribution < 1.29 is 14.6 Å². The smallest absolute Gasteiger partial charge is 0.371 e. The standard InChI is InChI=1S/C12H13ClO3/c1-3-8-5-6-9(13)11(7-8)16-10(4-2)12(14)15/h4-7H,3H2,1-2H3,(H,14,15)/b10-4+. The van der Waals surface area contributed by atoms with E-state index in [9.17, 15) is 4.79 Å². The molecule has 1 rings (SSSR count). The minimum absolute atomic E-state index is 0.129. The van der Waals surface area contributed by atoms with Crippen LogP contribution in [0.2, 0.25) is 5.02 Å². The molecule has 0 saturated carbocycles. The van der Waals surface area contributed by atoms with E-state index in [0.717, 1.165) is 12.0 Å². The summed E-state index contributed by atoms with van der Waals surface area (Å²) in [6.07, 6.45) is 2.23. The molecule has 0 aliphatic rings. The Morgan fingerprint density at radius 3 is 2.75 bits per heavy atom. The maximum Gasteiger partial charge on any atom is 0.371 e. The fourth-order valence-electron chi connectivity index (χ4n) is 1.19. The van der Waals surface area contributed by atoms with Crippen LogP contribution in [-0.4, -0.2) is 11.1 Å². The summed E-state index contributed by atoms with van der Waals surface area (Å²) >= 11 is 5.91. The number of ether oxygens (including phenoxy) is 1. The molecular formula is C12H13ClO3. The Morgan fingerprint density at radius 2 is 2.25 bits per heavy atom. The Kier molecular flexibility index (Phi) is 4.38. The van der Waals surface area contributed by atoms with Crippen LogP contribution in [0.25, 0.3) is 0 Å². The molecule has 1 N–H and O–H groups in total. The highest BCUT2D eigenvalue weighted by Crippen LogP contribution is 2.27. The van der Waals surface area contributed by atoms with Crippen LogP contribution in [0, 0.1) is 0 Å². The van der Waals surface area contributed by atoms with Gasteiger partial charge in [0.2, 0.25) is 5.76 Å². The predicted octanol–water partition coefficient (Wildman–Crippen LogP) is 3.27. The van der Waals surface area contributed by atoms with Gasteiger partial charge in [-0.1, -0.05) is 24.6 Å². The van der Waals surface area contributed by atoms with Crippen LogP contribution in [0.1, 0.15) is 19.4 Å². The highest BCUT2D eigenvalue weighted by molar-refractivity contribution is 6.32. The van der Waals surface area contributed by atoms with Gasteiger partial charge in [0.15, 0.2) is 0 Å². The quantitative estimate of drug-likeness (QED) is 0.649. The summed E-state index contributed by atoms with van der Waals surface area (Å²) in [6, 6.07) is 5.32. The highest BCUT2D eigenvalue weighted by atomic mass is 35.5. The number of carbonyl (C=O) groups is 1. The number of aliphatic carboxylic acids is 1. The number of carboxylic acids is 1. The van der Waals surface area contributed by atoms with Crippen LogP contribution in [0.5, 0.6) is 5.75 Å². The summed E-state index contributed by atoms with van der Waals surface area (Å²) in [5.74, 6) is -0.868. The Balaban J connectivity index is 3.00. The van der Waals surface area contributed by atoms with Gasteiger partial charge in [-0.15, -0.1) is 0 Å². The largest absolute Gasteiger partial charge is 0.475 e. The van der Waals surface area contributed by atoms with Crippen molar-refractivity contribution in [2.75, 3.05) is 0 Å². The van der Waals surface area contributed by atoms with Crippen LogP contribution in [0.3, 0.4) is 0 Å². The summed E-state index contributed by atoms with van der Waals surface area (Å²) in [6.45, 7) is 3.60. The molecule has 0 bridgehead atoms. The zero-order chi connectivity index (χ0) is 12.1. The summed E-state index contributed by atoms with van der Waals surface area (Å²) in [7, 11) is 0. The molecular weight excluding hydrogens is 228 g/mol. The van der Waals surface area contributed by atoms with Gasteiger partial charge in [0, 0.05) is 0 Å². The molecule has 0 unspecified atom stereocenters. The SMILES string of the molecule is C/C=C(/Oc1cc(CC)ccc1Cl)C(=O)O. The van der Waals surface area contributed by atoms with Gasteiger partial charge in [-0.05, 0) is 37.1 Å². The molecule has 0 aliphatic carbocycles. The second kappa shape index (κ2) is 5.56. The fourth-order valence-corrected chi connectivity index (χ4v) is 1.35.